The van der Waals surface area contributed by atoms with E-state index < -0.39 is 36.6 Å². The number of methoxy groups -OCH3 is 1. The highest BCUT2D eigenvalue weighted by molar-refractivity contribution is 5.73. The second-order valence-electron chi connectivity index (χ2n) is 3.85. The standard InChI is InChI=1S/C12H12F5NO4/c1-3-21-9(19)4-6-7(20-2)5-8(22-12(15,16)17)10(18-6)11(13)14/h5,11H,3-4H2,1-2H3. The van der Waals surface area contributed by atoms with E-state index in [1.165, 1.54) is 6.92 Å². The van der Waals surface area contributed by atoms with E-state index in [0.29, 0.717) is 6.07 Å². The lowest BCUT2D eigenvalue weighted by atomic mass is 10.2. The molecular weight excluding hydrogens is 317 g/mol. The van der Waals surface area contributed by atoms with Gasteiger partial charge in [0.05, 0.1) is 25.8 Å². The third-order valence-electron chi connectivity index (χ3n) is 2.32. The summed E-state index contributed by atoms with van der Waals surface area (Å²) in [6.07, 6.45) is -9.02. The Morgan fingerprint density at radius 2 is 1.95 bits per heavy atom. The highest BCUT2D eigenvalue weighted by Gasteiger charge is 2.34. The van der Waals surface area contributed by atoms with E-state index in [2.05, 4.69) is 14.5 Å². The molecule has 0 N–H and O–H groups in total. The first-order valence-corrected chi connectivity index (χ1v) is 5.95. The highest BCUT2D eigenvalue weighted by atomic mass is 19.4. The number of esters is 1. The lowest BCUT2D eigenvalue weighted by Gasteiger charge is -2.15. The molecule has 0 aliphatic heterocycles. The summed E-state index contributed by atoms with van der Waals surface area (Å²) in [5.41, 5.74) is -1.51. The van der Waals surface area contributed by atoms with Gasteiger partial charge < -0.3 is 14.2 Å². The van der Waals surface area contributed by atoms with Gasteiger partial charge in [-0.1, -0.05) is 0 Å². The van der Waals surface area contributed by atoms with E-state index in [1.807, 2.05) is 0 Å². The quantitative estimate of drug-likeness (QED) is 0.593. The first-order chi connectivity index (χ1) is 10.2. The maximum absolute atomic E-state index is 12.8. The van der Waals surface area contributed by atoms with E-state index in [9.17, 15) is 26.7 Å². The number of carbonyl (C=O) groups excluding carboxylic acids is 1. The smallest absolute Gasteiger partial charge is 0.495 e. The largest absolute Gasteiger partial charge is 0.573 e. The van der Waals surface area contributed by atoms with Crippen LogP contribution in [0.2, 0.25) is 0 Å². The van der Waals surface area contributed by atoms with Crippen molar-refractivity contribution in [3.63, 3.8) is 0 Å². The van der Waals surface area contributed by atoms with Crippen molar-refractivity contribution in [3.05, 3.63) is 17.5 Å². The topological polar surface area (TPSA) is 57.7 Å². The molecule has 1 aromatic rings. The van der Waals surface area contributed by atoms with Crippen molar-refractivity contribution in [3.8, 4) is 11.5 Å². The molecule has 5 nitrogen and oxygen atoms in total. The molecule has 0 unspecified atom stereocenters. The summed E-state index contributed by atoms with van der Waals surface area (Å²) in [5, 5.41) is 0. The van der Waals surface area contributed by atoms with E-state index in [4.69, 9.17) is 4.74 Å². The number of nitrogens with zero attached hydrogens (tertiary/aromatic N) is 1. The van der Waals surface area contributed by atoms with E-state index in [0.717, 1.165) is 7.11 Å². The predicted octanol–water partition coefficient (Wildman–Crippen LogP) is 3.03. The lowest BCUT2D eigenvalue weighted by Crippen LogP contribution is -2.19. The minimum absolute atomic E-state index is 0.0537. The summed E-state index contributed by atoms with van der Waals surface area (Å²) in [7, 11) is 1.09. The fourth-order valence-electron chi connectivity index (χ4n) is 1.55. The molecule has 1 aromatic heterocycles. The van der Waals surface area contributed by atoms with Crippen LogP contribution in [0.5, 0.6) is 11.5 Å². The van der Waals surface area contributed by atoms with Gasteiger partial charge >= 0.3 is 12.3 Å². The number of alkyl halides is 5. The van der Waals surface area contributed by atoms with Gasteiger partial charge in [-0.3, -0.25) is 4.79 Å². The van der Waals surface area contributed by atoms with Crippen LogP contribution in [0.15, 0.2) is 6.07 Å². The Labute approximate surface area is 122 Å². The van der Waals surface area contributed by atoms with Gasteiger partial charge in [0, 0.05) is 6.07 Å². The molecule has 0 aromatic carbocycles. The highest BCUT2D eigenvalue weighted by Crippen LogP contribution is 2.35. The summed E-state index contributed by atoms with van der Waals surface area (Å²) < 4.78 is 75.2. The van der Waals surface area contributed by atoms with Gasteiger partial charge in [0.25, 0.3) is 6.43 Å². The number of pyridine rings is 1. The number of rotatable bonds is 6. The second-order valence-corrected chi connectivity index (χ2v) is 3.85. The molecule has 22 heavy (non-hydrogen) atoms. The monoisotopic (exact) mass is 329 g/mol. The molecule has 0 aliphatic carbocycles. The van der Waals surface area contributed by atoms with Crippen LogP contribution in [-0.2, 0) is 16.0 Å². The third kappa shape index (κ3) is 5.01. The minimum atomic E-state index is -5.17. The Bertz CT molecular complexity index is 533. The van der Waals surface area contributed by atoms with Crippen molar-refractivity contribution in [2.45, 2.75) is 26.1 Å². The maximum Gasteiger partial charge on any atom is 0.573 e. The van der Waals surface area contributed by atoms with Gasteiger partial charge in [-0.25, -0.2) is 13.8 Å². The van der Waals surface area contributed by atoms with Crippen LogP contribution in [0, 0.1) is 0 Å². The van der Waals surface area contributed by atoms with Gasteiger partial charge in [0.1, 0.15) is 11.4 Å². The van der Waals surface area contributed by atoms with E-state index in [1.54, 1.807) is 0 Å². The summed E-state index contributed by atoms with van der Waals surface area (Å²) in [6, 6.07) is 0.608. The zero-order valence-electron chi connectivity index (χ0n) is 11.5. The Kier molecular flexibility index (Phi) is 5.89. The minimum Gasteiger partial charge on any atom is -0.495 e. The van der Waals surface area contributed by atoms with Crippen LogP contribution in [-0.4, -0.2) is 31.0 Å². The van der Waals surface area contributed by atoms with Crippen LogP contribution < -0.4 is 9.47 Å². The Morgan fingerprint density at radius 3 is 2.41 bits per heavy atom. The fourth-order valence-corrected chi connectivity index (χ4v) is 1.55. The van der Waals surface area contributed by atoms with Crippen LogP contribution in [0.4, 0.5) is 22.0 Å². The van der Waals surface area contributed by atoms with Crippen molar-refractivity contribution < 1.29 is 41.0 Å². The third-order valence-corrected chi connectivity index (χ3v) is 2.32. The van der Waals surface area contributed by atoms with Crippen molar-refractivity contribution in [2.24, 2.45) is 0 Å². The molecule has 0 amide bonds. The molecule has 0 aliphatic rings. The number of carbonyl (C=O) groups is 1. The maximum atomic E-state index is 12.8. The number of hydrogen-bond donors (Lipinski definition) is 0. The Hall–Kier alpha value is -2.13. The molecule has 1 rings (SSSR count). The van der Waals surface area contributed by atoms with E-state index >= 15 is 0 Å². The lowest BCUT2D eigenvalue weighted by molar-refractivity contribution is -0.275. The number of hydrogen-bond acceptors (Lipinski definition) is 5. The van der Waals surface area contributed by atoms with Gasteiger partial charge in [-0.2, -0.15) is 0 Å². The number of aromatic nitrogens is 1. The van der Waals surface area contributed by atoms with Crippen molar-refractivity contribution in [1.82, 2.24) is 4.98 Å². The molecule has 0 radical (unpaired) electrons. The molecule has 0 saturated carbocycles. The van der Waals surface area contributed by atoms with Crippen molar-refractivity contribution in [1.29, 1.82) is 0 Å². The van der Waals surface area contributed by atoms with Gasteiger partial charge in [-0.15, -0.1) is 13.2 Å². The average Bonchev–Trinajstić information content (AvgIpc) is 2.38. The summed E-state index contributed by atoms with van der Waals surface area (Å²) >= 11 is 0. The average molecular weight is 329 g/mol. The SMILES string of the molecule is CCOC(=O)Cc1nc(C(F)F)c(OC(F)(F)F)cc1OC. The molecule has 1 heterocycles. The first-order valence-electron chi connectivity index (χ1n) is 5.95. The first kappa shape index (κ1) is 17.9. The molecule has 0 fully saturated rings. The number of halogens is 5. The molecule has 0 saturated heterocycles. The van der Waals surface area contributed by atoms with Crippen LogP contribution in [0.1, 0.15) is 24.7 Å². The molecule has 0 spiro atoms. The fraction of sp³-hybridized carbons (Fsp3) is 0.500. The van der Waals surface area contributed by atoms with Crippen molar-refractivity contribution in [2.75, 3.05) is 13.7 Å². The summed E-state index contributed by atoms with van der Waals surface area (Å²) in [4.78, 5) is 14.7. The van der Waals surface area contributed by atoms with Gasteiger partial charge in [-0.05, 0) is 6.92 Å². The van der Waals surface area contributed by atoms with Gasteiger partial charge in [0.15, 0.2) is 5.75 Å². The molecule has 124 valence electrons. The Balaban J connectivity index is 3.24. The Morgan fingerprint density at radius 1 is 1.32 bits per heavy atom. The molecule has 0 atom stereocenters. The van der Waals surface area contributed by atoms with Gasteiger partial charge in [0.2, 0.25) is 0 Å². The summed E-state index contributed by atoms with van der Waals surface area (Å²) in [6.45, 7) is 1.59. The zero-order valence-corrected chi connectivity index (χ0v) is 11.5. The van der Waals surface area contributed by atoms with Crippen LogP contribution in [0.3, 0.4) is 0 Å². The molecule has 10 heteroatoms. The second kappa shape index (κ2) is 7.23. The number of ether oxygens (including phenoxy) is 3. The normalized spacial score (nSPS) is 11.5. The van der Waals surface area contributed by atoms with Crippen LogP contribution >= 0.6 is 0 Å². The van der Waals surface area contributed by atoms with Crippen LogP contribution in [0.25, 0.3) is 0 Å². The zero-order chi connectivity index (χ0) is 16.9. The molecular formula is C12H12F5NO4. The summed E-state index contributed by atoms with van der Waals surface area (Å²) in [5.74, 6) is -2.26. The van der Waals surface area contributed by atoms with Crippen molar-refractivity contribution >= 4 is 5.97 Å². The van der Waals surface area contributed by atoms with E-state index in [-0.39, 0.29) is 18.1 Å². The molecule has 0 bridgehead atoms. The predicted molar refractivity (Wildman–Crippen MR) is 62.8 cm³/mol.